The highest BCUT2D eigenvalue weighted by Crippen LogP contribution is 2.60. The number of hydrogen-bond acceptors (Lipinski definition) is 6. The first-order valence-electron chi connectivity index (χ1n) is 14.2. The Kier molecular flexibility index (Phi) is 8.59. The number of halogens is 4. The molecule has 42 heavy (non-hydrogen) atoms. The second kappa shape index (κ2) is 12.2. The van der Waals surface area contributed by atoms with E-state index in [1.165, 1.54) is 12.1 Å². The molecule has 2 saturated heterocycles. The van der Waals surface area contributed by atoms with Crippen molar-refractivity contribution in [3.8, 4) is 17.2 Å². The maximum absolute atomic E-state index is 15.3. The lowest BCUT2D eigenvalue weighted by Crippen LogP contribution is -2.52. The van der Waals surface area contributed by atoms with Crippen LogP contribution in [0.2, 0.25) is 0 Å². The fourth-order valence-electron chi connectivity index (χ4n) is 5.90. The lowest BCUT2D eigenvalue weighted by Gasteiger charge is -2.46. The summed E-state index contributed by atoms with van der Waals surface area (Å²) in [4.78, 5) is 0. The van der Waals surface area contributed by atoms with Crippen LogP contribution in [0.15, 0.2) is 66.7 Å². The Morgan fingerprint density at radius 2 is 1.33 bits per heavy atom. The van der Waals surface area contributed by atoms with Gasteiger partial charge in [-0.3, -0.25) is 0 Å². The van der Waals surface area contributed by atoms with E-state index >= 15 is 13.2 Å². The van der Waals surface area contributed by atoms with Crippen LogP contribution in [0, 0.1) is 3.57 Å². The van der Waals surface area contributed by atoms with E-state index in [-0.39, 0.29) is 17.1 Å². The summed E-state index contributed by atoms with van der Waals surface area (Å²) in [5, 5.41) is 12.0. The van der Waals surface area contributed by atoms with Gasteiger partial charge in [-0.2, -0.15) is 13.2 Å². The summed E-state index contributed by atoms with van der Waals surface area (Å²) in [6, 6.07) is 17.6. The summed E-state index contributed by atoms with van der Waals surface area (Å²) in [5.74, 6) is -0.936. The maximum Gasteiger partial charge on any atom is 0.422 e. The molecule has 0 amide bonds. The van der Waals surface area contributed by atoms with Crippen molar-refractivity contribution in [2.24, 2.45) is 0 Å². The minimum absolute atomic E-state index is 0.0547. The molecule has 3 aliphatic heterocycles. The first kappa shape index (κ1) is 29.5. The number of hydrogen-bond donors (Lipinski definition) is 1. The van der Waals surface area contributed by atoms with E-state index in [1.54, 1.807) is 54.6 Å². The van der Waals surface area contributed by atoms with E-state index in [9.17, 15) is 5.11 Å². The molecule has 6 rings (SSSR count). The van der Waals surface area contributed by atoms with E-state index in [1.807, 2.05) is 0 Å². The van der Waals surface area contributed by atoms with Crippen molar-refractivity contribution >= 4 is 22.6 Å². The summed E-state index contributed by atoms with van der Waals surface area (Å²) in [7, 11) is 0. The molecular weight excluding hydrogens is 664 g/mol. The van der Waals surface area contributed by atoms with Crippen molar-refractivity contribution in [2.75, 3.05) is 13.2 Å². The van der Waals surface area contributed by atoms with Crippen molar-refractivity contribution in [1.82, 2.24) is 0 Å². The van der Waals surface area contributed by atoms with E-state index < -0.39 is 41.9 Å². The van der Waals surface area contributed by atoms with Crippen LogP contribution in [0.3, 0.4) is 0 Å². The first-order valence-corrected chi connectivity index (χ1v) is 15.3. The number of rotatable bonds is 6. The molecule has 0 aromatic heterocycles. The smallest absolute Gasteiger partial charge is 0.422 e. The average molecular weight is 696 g/mol. The van der Waals surface area contributed by atoms with Gasteiger partial charge in [0.2, 0.25) is 0 Å². The van der Waals surface area contributed by atoms with Crippen LogP contribution in [0.4, 0.5) is 13.2 Å². The van der Waals surface area contributed by atoms with Crippen LogP contribution in [0.25, 0.3) is 0 Å². The van der Waals surface area contributed by atoms with Crippen LogP contribution in [0.5, 0.6) is 17.2 Å². The molecule has 3 aromatic rings. The number of aliphatic hydroxyl groups is 1. The highest BCUT2D eigenvalue weighted by atomic mass is 127. The summed E-state index contributed by atoms with van der Waals surface area (Å²) < 4.78 is 76.1. The Hall–Kier alpha value is -2.54. The van der Waals surface area contributed by atoms with Crippen molar-refractivity contribution in [3.05, 3.63) is 87.0 Å². The molecule has 5 unspecified atom stereocenters. The highest BCUT2D eigenvalue weighted by Gasteiger charge is 2.65. The lowest BCUT2D eigenvalue weighted by atomic mass is 9.70. The molecule has 2 fully saturated rings. The molecule has 0 bridgehead atoms. The third kappa shape index (κ3) is 5.95. The van der Waals surface area contributed by atoms with Gasteiger partial charge >= 0.3 is 6.18 Å². The Balaban J connectivity index is 1.42. The number of alkyl halides is 3. The van der Waals surface area contributed by atoms with Crippen LogP contribution < -0.4 is 14.2 Å². The molecule has 1 N–H and O–H groups in total. The molecule has 6 nitrogen and oxygen atoms in total. The third-order valence-electron chi connectivity index (χ3n) is 8.05. The summed E-state index contributed by atoms with van der Waals surface area (Å²) in [6.07, 6.45) is -2.00. The zero-order chi connectivity index (χ0) is 29.3. The monoisotopic (exact) mass is 696 g/mol. The SMILES string of the molecule is OC1(C(F)(F)F)c2cc(OC3CCCCO3)ccc2OC(c2ccc(I)cc2)C1c1ccc(OC2CCCCO2)cc1. The van der Waals surface area contributed by atoms with Crippen molar-refractivity contribution in [3.63, 3.8) is 0 Å². The lowest BCUT2D eigenvalue weighted by molar-refractivity contribution is -0.288. The predicted molar refractivity (Wildman–Crippen MR) is 157 cm³/mol. The second-order valence-electron chi connectivity index (χ2n) is 10.9. The minimum Gasteiger partial charge on any atom is -0.485 e. The van der Waals surface area contributed by atoms with Gasteiger partial charge in [-0.05, 0) is 102 Å². The van der Waals surface area contributed by atoms with Gasteiger partial charge in [-0.1, -0.05) is 24.3 Å². The van der Waals surface area contributed by atoms with Gasteiger partial charge in [0, 0.05) is 22.0 Å². The van der Waals surface area contributed by atoms with E-state index in [0.29, 0.717) is 30.9 Å². The average Bonchev–Trinajstić information content (AvgIpc) is 2.99. The minimum atomic E-state index is -5.05. The second-order valence-corrected chi connectivity index (χ2v) is 12.1. The van der Waals surface area contributed by atoms with Gasteiger partial charge < -0.3 is 28.8 Å². The fourth-order valence-corrected chi connectivity index (χ4v) is 6.26. The number of fused-ring (bicyclic) bond motifs is 1. The largest absolute Gasteiger partial charge is 0.485 e. The van der Waals surface area contributed by atoms with Crippen LogP contribution >= 0.6 is 22.6 Å². The fraction of sp³-hybridized carbons (Fsp3) is 0.438. The van der Waals surface area contributed by atoms with Gasteiger partial charge in [0.1, 0.15) is 23.4 Å². The Bertz CT molecular complexity index is 1350. The zero-order valence-electron chi connectivity index (χ0n) is 22.8. The molecule has 0 aliphatic carbocycles. The first-order chi connectivity index (χ1) is 20.2. The van der Waals surface area contributed by atoms with Gasteiger partial charge in [0.05, 0.1) is 19.1 Å². The molecule has 3 aromatic carbocycles. The van der Waals surface area contributed by atoms with Crippen LogP contribution in [-0.2, 0) is 15.1 Å². The summed E-state index contributed by atoms with van der Waals surface area (Å²) in [6.45, 7) is 1.13. The third-order valence-corrected chi connectivity index (χ3v) is 8.77. The van der Waals surface area contributed by atoms with Crippen LogP contribution in [-0.4, -0.2) is 37.1 Å². The van der Waals surface area contributed by atoms with Gasteiger partial charge in [0.25, 0.3) is 0 Å². The molecule has 5 atom stereocenters. The van der Waals surface area contributed by atoms with Gasteiger partial charge in [-0.25, -0.2) is 0 Å². The molecule has 0 radical (unpaired) electrons. The topological polar surface area (TPSA) is 66.4 Å². The summed E-state index contributed by atoms with van der Waals surface area (Å²) in [5.41, 5.74) is -2.93. The normalized spacial score (nSPS) is 27.9. The Labute approximate surface area is 256 Å². The molecule has 0 saturated carbocycles. The van der Waals surface area contributed by atoms with Gasteiger partial charge in [0.15, 0.2) is 18.2 Å². The quantitative estimate of drug-likeness (QED) is 0.266. The van der Waals surface area contributed by atoms with Gasteiger partial charge in [-0.15, -0.1) is 0 Å². The van der Waals surface area contributed by atoms with Crippen LogP contribution in [0.1, 0.15) is 67.2 Å². The molecule has 224 valence electrons. The molecule has 10 heteroatoms. The van der Waals surface area contributed by atoms with Crippen molar-refractivity contribution in [1.29, 1.82) is 0 Å². The zero-order valence-corrected chi connectivity index (χ0v) is 25.0. The Morgan fingerprint density at radius 3 is 1.90 bits per heavy atom. The number of benzene rings is 3. The van der Waals surface area contributed by atoms with Crippen molar-refractivity contribution < 1.29 is 42.0 Å². The maximum atomic E-state index is 15.3. The standard InChI is InChI=1S/C32H32F3IO6/c33-32(34,35)31(37)25-19-24(41-28-6-2-4-18-39-28)15-16-26(25)42-30(21-7-11-22(36)12-8-21)29(31)20-9-13-23(14-10-20)40-27-5-1-3-17-38-27/h7-16,19,27-30,37H,1-6,17-18H2. The molecule has 3 heterocycles. The van der Waals surface area contributed by atoms with E-state index in [2.05, 4.69) is 22.6 Å². The highest BCUT2D eigenvalue weighted by molar-refractivity contribution is 14.1. The predicted octanol–water partition coefficient (Wildman–Crippen LogP) is 7.77. The Morgan fingerprint density at radius 1 is 0.762 bits per heavy atom. The van der Waals surface area contributed by atoms with E-state index in [0.717, 1.165) is 35.7 Å². The molecular formula is C32H32F3IO6. The molecule has 0 spiro atoms. The van der Waals surface area contributed by atoms with E-state index in [4.69, 9.17) is 23.7 Å². The van der Waals surface area contributed by atoms with Crippen molar-refractivity contribution in [2.45, 2.75) is 74.9 Å². The number of ether oxygens (including phenoxy) is 5. The molecule has 3 aliphatic rings. The summed E-state index contributed by atoms with van der Waals surface area (Å²) >= 11 is 2.14.